The average molecular weight is 451 g/mol. The van der Waals surface area contributed by atoms with Crippen LogP contribution in [0.3, 0.4) is 0 Å². The highest BCUT2D eigenvalue weighted by Gasteiger charge is 2.43. The molecule has 1 aliphatic heterocycles. The van der Waals surface area contributed by atoms with E-state index in [4.69, 9.17) is 5.73 Å². The van der Waals surface area contributed by atoms with Crippen LogP contribution < -0.4 is 11.1 Å². The van der Waals surface area contributed by atoms with Gasteiger partial charge >= 0.3 is 0 Å². The lowest BCUT2D eigenvalue weighted by Crippen LogP contribution is -2.54. The smallest absolute Gasteiger partial charge is 0.264 e. The molecule has 1 saturated heterocycles. The van der Waals surface area contributed by atoms with Crippen molar-refractivity contribution in [2.45, 2.75) is 53.4 Å². The topological polar surface area (TPSA) is 95.7 Å². The molecule has 0 bridgehead atoms. The first-order chi connectivity index (χ1) is 15.6. The minimum atomic E-state index is -0.981. The Bertz CT molecular complexity index is 1030. The molecule has 0 saturated carbocycles. The van der Waals surface area contributed by atoms with Crippen LogP contribution in [0.5, 0.6) is 0 Å². The summed E-state index contributed by atoms with van der Waals surface area (Å²) in [5.74, 6) is -0.753. The molecule has 2 aromatic carbocycles. The second kappa shape index (κ2) is 10.2. The first kappa shape index (κ1) is 24.5. The van der Waals surface area contributed by atoms with E-state index >= 15 is 0 Å². The molecule has 1 aliphatic rings. The van der Waals surface area contributed by atoms with Gasteiger partial charge in [0.15, 0.2) is 6.17 Å². The van der Waals surface area contributed by atoms with Crippen molar-refractivity contribution in [2.24, 2.45) is 11.1 Å². The van der Waals surface area contributed by atoms with Gasteiger partial charge < -0.3 is 20.9 Å². The van der Waals surface area contributed by atoms with Gasteiger partial charge in [-0.1, -0.05) is 62.7 Å². The van der Waals surface area contributed by atoms with Crippen LogP contribution in [0.15, 0.2) is 48.5 Å². The predicted octanol–water partition coefficient (Wildman–Crippen LogP) is 2.82. The summed E-state index contributed by atoms with van der Waals surface area (Å²) in [7, 11) is 0. The molecule has 2 aromatic rings. The zero-order valence-corrected chi connectivity index (χ0v) is 19.9. The maximum atomic E-state index is 13.3. The van der Waals surface area contributed by atoms with Crippen LogP contribution in [-0.4, -0.2) is 46.8 Å². The van der Waals surface area contributed by atoms with Crippen molar-refractivity contribution in [3.05, 3.63) is 70.8 Å². The summed E-state index contributed by atoms with van der Waals surface area (Å²) in [4.78, 5) is 42.8. The molecule has 176 valence electrons. The quantitative estimate of drug-likeness (QED) is 0.707. The SMILES string of the molecule is Cc1cccc(C(=O)N2CCN(C(=O)CC(C)(C)C)C2C(=O)NCc2cccc(CN)c2)c1. The van der Waals surface area contributed by atoms with Crippen molar-refractivity contribution >= 4 is 17.7 Å². The van der Waals surface area contributed by atoms with E-state index in [1.165, 1.54) is 9.80 Å². The van der Waals surface area contributed by atoms with Crippen LogP contribution in [0.1, 0.15) is 54.2 Å². The zero-order chi connectivity index (χ0) is 24.2. The number of hydrogen-bond acceptors (Lipinski definition) is 4. The average Bonchev–Trinajstić information content (AvgIpc) is 3.21. The third-order valence-electron chi connectivity index (χ3n) is 5.63. The van der Waals surface area contributed by atoms with E-state index in [0.29, 0.717) is 31.6 Å². The molecule has 0 aliphatic carbocycles. The van der Waals surface area contributed by atoms with Gasteiger partial charge in [0.1, 0.15) is 0 Å². The van der Waals surface area contributed by atoms with Gasteiger partial charge in [0.2, 0.25) is 5.91 Å². The Morgan fingerprint density at radius 1 is 1.00 bits per heavy atom. The number of rotatable bonds is 6. The van der Waals surface area contributed by atoms with Crippen molar-refractivity contribution in [3.63, 3.8) is 0 Å². The molecule has 1 unspecified atom stereocenters. The minimum absolute atomic E-state index is 0.132. The van der Waals surface area contributed by atoms with Crippen molar-refractivity contribution in [1.82, 2.24) is 15.1 Å². The fraction of sp³-hybridized carbons (Fsp3) is 0.423. The lowest BCUT2D eigenvalue weighted by molar-refractivity contribution is -0.142. The zero-order valence-electron chi connectivity index (χ0n) is 19.9. The lowest BCUT2D eigenvalue weighted by atomic mass is 9.91. The Labute approximate surface area is 195 Å². The standard InChI is InChI=1S/C26H34N4O3/c1-18-7-5-10-21(13-18)25(33)30-12-11-29(22(31)15-26(2,3)4)24(30)23(32)28-17-20-9-6-8-19(14-20)16-27/h5-10,13-14,24H,11-12,15-17,27H2,1-4H3,(H,28,32). The van der Waals surface area contributed by atoms with Gasteiger partial charge in [-0.25, -0.2) is 0 Å². The third kappa shape index (κ3) is 6.20. The monoisotopic (exact) mass is 450 g/mol. The fourth-order valence-electron chi connectivity index (χ4n) is 4.03. The molecule has 33 heavy (non-hydrogen) atoms. The van der Waals surface area contributed by atoms with Gasteiger partial charge in [0, 0.05) is 38.2 Å². The number of aryl methyl sites for hydroxylation is 1. The predicted molar refractivity (Wildman–Crippen MR) is 128 cm³/mol. The molecule has 0 spiro atoms. The number of benzene rings is 2. The maximum Gasteiger partial charge on any atom is 0.264 e. The van der Waals surface area contributed by atoms with Gasteiger partial charge in [-0.2, -0.15) is 0 Å². The Kier molecular flexibility index (Phi) is 7.53. The van der Waals surface area contributed by atoms with Crippen molar-refractivity contribution in [3.8, 4) is 0 Å². The van der Waals surface area contributed by atoms with E-state index in [1.54, 1.807) is 12.1 Å². The number of amides is 3. The van der Waals surface area contributed by atoms with E-state index in [-0.39, 0.29) is 29.7 Å². The molecule has 1 atom stereocenters. The molecular formula is C26H34N4O3. The van der Waals surface area contributed by atoms with Gasteiger partial charge in [0.25, 0.3) is 11.8 Å². The highest BCUT2D eigenvalue weighted by molar-refractivity contribution is 5.99. The molecule has 3 N–H and O–H groups in total. The summed E-state index contributed by atoms with van der Waals surface area (Å²) in [5.41, 5.74) is 8.84. The number of carbonyl (C=O) groups is 3. The second-order valence-electron chi connectivity index (χ2n) is 9.81. The summed E-state index contributed by atoms with van der Waals surface area (Å²) >= 11 is 0. The molecule has 1 fully saturated rings. The number of hydrogen-bond donors (Lipinski definition) is 2. The van der Waals surface area contributed by atoms with Crippen LogP contribution in [0, 0.1) is 12.3 Å². The molecule has 7 heteroatoms. The molecule has 0 radical (unpaired) electrons. The summed E-state index contributed by atoms with van der Waals surface area (Å²) < 4.78 is 0. The normalized spacial score (nSPS) is 16.1. The van der Waals surface area contributed by atoms with Crippen LogP contribution in [0.4, 0.5) is 0 Å². The van der Waals surface area contributed by atoms with E-state index in [0.717, 1.165) is 16.7 Å². The summed E-state index contributed by atoms with van der Waals surface area (Å²) in [6.45, 7) is 9.20. The summed E-state index contributed by atoms with van der Waals surface area (Å²) in [6.07, 6.45) is -0.688. The summed E-state index contributed by atoms with van der Waals surface area (Å²) in [6, 6.07) is 14.9. The molecule has 0 aromatic heterocycles. The fourth-order valence-corrected chi connectivity index (χ4v) is 4.03. The maximum absolute atomic E-state index is 13.3. The Hall–Kier alpha value is -3.19. The molecule has 1 heterocycles. The largest absolute Gasteiger partial charge is 0.349 e. The van der Waals surface area contributed by atoms with E-state index < -0.39 is 6.17 Å². The van der Waals surface area contributed by atoms with E-state index in [9.17, 15) is 14.4 Å². The minimum Gasteiger partial charge on any atom is -0.349 e. The lowest BCUT2D eigenvalue weighted by Gasteiger charge is -2.31. The molecular weight excluding hydrogens is 416 g/mol. The van der Waals surface area contributed by atoms with Crippen LogP contribution in [0.25, 0.3) is 0 Å². The number of nitrogens with two attached hydrogens (primary N) is 1. The Balaban J connectivity index is 1.83. The Morgan fingerprint density at radius 2 is 1.67 bits per heavy atom. The van der Waals surface area contributed by atoms with Crippen molar-refractivity contribution in [1.29, 1.82) is 0 Å². The van der Waals surface area contributed by atoms with Gasteiger partial charge in [0.05, 0.1) is 0 Å². The van der Waals surface area contributed by atoms with E-state index in [1.807, 2.05) is 64.1 Å². The first-order valence-corrected chi connectivity index (χ1v) is 11.3. The van der Waals surface area contributed by atoms with Crippen molar-refractivity contribution < 1.29 is 14.4 Å². The third-order valence-corrected chi connectivity index (χ3v) is 5.63. The van der Waals surface area contributed by atoms with E-state index in [2.05, 4.69) is 5.32 Å². The van der Waals surface area contributed by atoms with Gasteiger partial charge in [-0.05, 0) is 35.6 Å². The number of nitrogens with zero attached hydrogens (tertiary/aromatic N) is 2. The highest BCUT2D eigenvalue weighted by atomic mass is 16.2. The van der Waals surface area contributed by atoms with Crippen LogP contribution in [-0.2, 0) is 22.7 Å². The number of nitrogens with one attached hydrogen (secondary N) is 1. The molecule has 3 rings (SSSR count). The van der Waals surface area contributed by atoms with Crippen LogP contribution in [0.2, 0.25) is 0 Å². The number of carbonyl (C=O) groups excluding carboxylic acids is 3. The second-order valence-corrected chi connectivity index (χ2v) is 9.81. The molecule has 3 amide bonds. The van der Waals surface area contributed by atoms with Crippen LogP contribution >= 0.6 is 0 Å². The molecule has 7 nitrogen and oxygen atoms in total. The highest BCUT2D eigenvalue weighted by Crippen LogP contribution is 2.25. The first-order valence-electron chi connectivity index (χ1n) is 11.3. The van der Waals surface area contributed by atoms with Gasteiger partial charge in [-0.3, -0.25) is 14.4 Å². The summed E-state index contributed by atoms with van der Waals surface area (Å²) in [5, 5.41) is 2.92. The Morgan fingerprint density at radius 3 is 2.33 bits per heavy atom. The van der Waals surface area contributed by atoms with Gasteiger partial charge in [-0.15, -0.1) is 0 Å². The van der Waals surface area contributed by atoms with Crippen molar-refractivity contribution in [2.75, 3.05) is 13.1 Å².